The number of aromatic hydroxyl groups is 1. The summed E-state index contributed by atoms with van der Waals surface area (Å²) < 4.78 is 37.7. The van der Waals surface area contributed by atoms with Gasteiger partial charge in [-0.1, -0.05) is 53.5 Å². The van der Waals surface area contributed by atoms with Crippen LogP contribution in [0.15, 0.2) is 75.8 Å². The quantitative estimate of drug-likeness (QED) is 0.170. The van der Waals surface area contributed by atoms with Crippen molar-refractivity contribution in [2.24, 2.45) is 10.2 Å². The van der Waals surface area contributed by atoms with E-state index < -0.39 is 21.8 Å². The number of halogens is 2. The average molecular weight is 560 g/mol. The number of nitrogens with zero attached hydrogens (tertiary/aromatic N) is 2. The van der Waals surface area contributed by atoms with Gasteiger partial charge in [-0.2, -0.15) is 8.42 Å². The molecule has 0 aliphatic carbocycles. The molecule has 0 fully saturated rings. The zero-order valence-corrected chi connectivity index (χ0v) is 21.7. The van der Waals surface area contributed by atoms with Crippen LogP contribution in [-0.4, -0.2) is 31.1 Å². The Morgan fingerprint density at radius 2 is 1.76 bits per heavy atom. The van der Waals surface area contributed by atoms with Crippen molar-refractivity contribution in [3.8, 4) is 11.5 Å². The molecule has 0 heterocycles. The van der Waals surface area contributed by atoms with Gasteiger partial charge in [0.05, 0.1) is 27.6 Å². The minimum absolute atomic E-state index is 0.0121. The summed E-state index contributed by atoms with van der Waals surface area (Å²) in [5.41, 5.74) is 0.288. The number of phenolic OH excluding ortho intramolecular Hbond substituents is 1. The summed E-state index contributed by atoms with van der Waals surface area (Å²) in [6.07, 6.45) is 0. The summed E-state index contributed by atoms with van der Waals surface area (Å²) in [4.78, 5) is 12.8. The second-order valence-corrected chi connectivity index (χ2v) is 9.99. The van der Waals surface area contributed by atoms with Crippen molar-refractivity contribution in [2.45, 2.75) is 11.8 Å². The number of para-hydroxylation sites is 1. The summed E-state index contributed by atoms with van der Waals surface area (Å²) >= 11 is 12.5. The Bertz CT molecular complexity index is 1690. The van der Waals surface area contributed by atoms with Crippen molar-refractivity contribution < 1.29 is 27.6 Å². The highest BCUT2D eigenvalue weighted by Gasteiger charge is 2.21. The highest BCUT2D eigenvalue weighted by atomic mass is 35.5. The first-order chi connectivity index (χ1) is 17.5. The van der Waals surface area contributed by atoms with E-state index in [2.05, 4.69) is 15.5 Å². The van der Waals surface area contributed by atoms with Crippen molar-refractivity contribution in [2.75, 3.05) is 12.4 Å². The van der Waals surface area contributed by atoms with E-state index in [1.165, 1.54) is 26.2 Å². The third kappa shape index (κ3) is 5.23. The van der Waals surface area contributed by atoms with E-state index in [0.29, 0.717) is 16.5 Å². The first-order valence-electron chi connectivity index (χ1n) is 10.6. The number of anilines is 1. The third-order valence-electron chi connectivity index (χ3n) is 5.53. The number of carbonyl (C=O) groups is 1. The lowest BCUT2D eigenvalue weighted by Gasteiger charge is -2.14. The SMILES string of the molecule is COc1cccc(Cl)c1NC(=O)c1cc2ccccc2c(N=Nc2ccc(S(=O)(=O)O)c(C)c2Cl)c1O. The average Bonchev–Trinajstić information content (AvgIpc) is 2.85. The molecule has 3 N–H and O–H groups in total. The number of hydrogen-bond acceptors (Lipinski definition) is 7. The Kier molecular flexibility index (Phi) is 7.37. The van der Waals surface area contributed by atoms with E-state index in [-0.39, 0.29) is 43.1 Å². The summed E-state index contributed by atoms with van der Waals surface area (Å²) in [5, 5.41) is 23.2. The first kappa shape index (κ1) is 26.4. The van der Waals surface area contributed by atoms with Gasteiger partial charge in [0.1, 0.15) is 22.8 Å². The van der Waals surface area contributed by atoms with Gasteiger partial charge in [-0.05, 0) is 48.2 Å². The molecule has 0 spiro atoms. The molecule has 12 heteroatoms. The molecular weight excluding hydrogens is 541 g/mol. The molecular formula is C25H19Cl2N3O6S. The number of fused-ring (bicyclic) bond motifs is 1. The van der Waals surface area contributed by atoms with E-state index in [1.54, 1.807) is 42.5 Å². The maximum absolute atomic E-state index is 13.2. The van der Waals surface area contributed by atoms with E-state index in [0.717, 1.165) is 6.07 Å². The van der Waals surface area contributed by atoms with Crippen LogP contribution in [0.25, 0.3) is 10.8 Å². The van der Waals surface area contributed by atoms with Crippen molar-refractivity contribution in [1.29, 1.82) is 0 Å². The molecule has 4 rings (SSSR count). The van der Waals surface area contributed by atoms with Crippen LogP contribution in [-0.2, 0) is 10.1 Å². The zero-order chi connectivity index (χ0) is 26.9. The molecule has 0 unspecified atom stereocenters. The lowest BCUT2D eigenvalue weighted by molar-refractivity contribution is 0.102. The van der Waals surface area contributed by atoms with Gasteiger partial charge in [-0.15, -0.1) is 10.2 Å². The first-order valence-corrected chi connectivity index (χ1v) is 12.8. The lowest BCUT2D eigenvalue weighted by atomic mass is 10.0. The van der Waals surface area contributed by atoms with Crippen LogP contribution in [0.1, 0.15) is 15.9 Å². The minimum Gasteiger partial charge on any atom is -0.505 e. The number of hydrogen-bond donors (Lipinski definition) is 3. The van der Waals surface area contributed by atoms with Gasteiger partial charge >= 0.3 is 0 Å². The number of azo groups is 1. The molecule has 4 aromatic carbocycles. The number of phenols is 1. The van der Waals surface area contributed by atoms with Gasteiger partial charge in [0.15, 0.2) is 5.75 Å². The molecule has 0 aromatic heterocycles. The number of nitrogens with one attached hydrogen (secondary N) is 1. The van der Waals surface area contributed by atoms with Gasteiger partial charge in [-0.25, -0.2) is 0 Å². The molecule has 37 heavy (non-hydrogen) atoms. The van der Waals surface area contributed by atoms with E-state index in [1.807, 2.05) is 0 Å². The molecule has 0 radical (unpaired) electrons. The maximum Gasteiger partial charge on any atom is 0.294 e. The monoisotopic (exact) mass is 559 g/mol. The smallest absolute Gasteiger partial charge is 0.294 e. The normalized spacial score (nSPS) is 11.7. The zero-order valence-electron chi connectivity index (χ0n) is 19.4. The number of amides is 1. The largest absolute Gasteiger partial charge is 0.505 e. The second kappa shape index (κ2) is 10.3. The number of ether oxygens (including phenoxy) is 1. The lowest BCUT2D eigenvalue weighted by Crippen LogP contribution is -2.13. The number of methoxy groups -OCH3 is 1. The van der Waals surface area contributed by atoms with E-state index in [9.17, 15) is 22.9 Å². The number of carbonyl (C=O) groups excluding carboxylic acids is 1. The van der Waals surface area contributed by atoms with Gasteiger partial charge in [0.2, 0.25) is 0 Å². The maximum atomic E-state index is 13.2. The molecule has 0 aliphatic rings. The molecule has 0 bridgehead atoms. The molecule has 4 aromatic rings. The van der Waals surface area contributed by atoms with Crippen LogP contribution in [0, 0.1) is 6.92 Å². The van der Waals surface area contributed by atoms with Gasteiger partial charge in [0.25, 0.3) is 16.0 Å². The fourth-order valence-corrected chi connectivity index (χ4v) is 4.88. The van der Waals surface area contributed by atoms with Crippen LogP contribution >= 0.6 is 23.2 Å². The Morgan fingerprint density at radius 1 is 1.03 bits per heavy atom. The van der Waals surface area contributed by atoms with Crippen LogP contribution in [0.5, 0.6) is 11.5 Å². The standard InChI is InChI=1S/C25H19Cl2N3O6S/c1-13-20(37(33,34)35)11-10-18(21(13)27)29-30-22-15-7-4-3-6-14(15)12-16(24(22)31)25(32)28-23-17(26)8-5-9-19(23)36-2/h3-12,31H,1-2H3,(H,28,32)(H,33,34,35). The van der Waals surface area contributed by atoms with E-state index >= 15 is 0 Å². The fourth-order valence-electron chi connectivity index (χ4n) is 3.68. The summed E-state index contributed by atoms with van der Waals surface area (Å²) in [5.74, 6) is -0.787. The summed E-state index contributed by atoms with van der Waals surface area (Å²) in [7, 11) is -3.05. The molecule has 0 saturated carbocycles. The van der Waals surface area contributed by atoms with Gasteiger partial charge in [0, 0.05) is 5.39 Å². The van der Waals surface area contributed by atoms with Crippen LogP contribution < -0.4 is 10.1 Å². The van der Waals surface area contributed by atoms with Crippen LogP contribution in [0.3, 0.4) is 0 Å². The van der Waals surface area contributed by atoms with Crippen molar-refractivity contribution in [3.63, 3.8) is 0 Å². The highest BCUT2D eigenvalue weighted by Crippen LogP contribution is 2.41. The second-order valence-electron chi connectivity index (χ2n) is 7.81. The third-order valence-corrected chi connectivity index (χ3v) is 7.32. The van der Waals surface area contributed by atoms with Crippen LogP contribution in [0.2, 0.25) is 10.0 Å². The van der Waals surface area contributed by atoms with Gasteiger partial charge in [-0.3, -0.25) is 9.35 Å². The van der Waals surface area contributed by atoms with Crippen molar-refractivity contribution in [1.82, 2.24) is 0 Å². The molecule has 9 nitrogen and oxygen atoms in total. The predicted octanol–water partition coefficient (Wildman–Crippen LogP) is 7.08. The topological polar surface area (TPSA) is 138 Å². The molecule has 0 saturated heterocycles. The fraction of sp³-hybridized carbons (Fsp3) is 0.0800. The molecule has 0 atom stereocenters. The van der Waals surface area contributed by atoms with Crippen molar-refractivity contribution >= 4 is 67.1 Å². The van der Waals surface area contributed by atoms with E-state index in [4.69, 9.17) is 27.9 Å². The van der Waals surface area contributed by atoms with Gasteiger partial charge < -0.3 is 15.2 Å². The predicted molar refractivity (Wildman–Crippen MR) is 142 cm³/mol. The number of rotatable bonds is 6. The van der Waals surface area contributed by atoms with Crippen LogP contribution in [0.4, 0.5) is 17.1 Å². The Balaban J connectivity index is 1.81. The summed E-state index contributed by atoms with van der Waals surface area (Å²) in [6.45, 7) is 1.41. The molecule has 0 aliphatic heterocycles. The Morgan fingerprint density at radius 3 is 2.46 bits per heavy atom. The Labute approximate surface area is 222 Å². The Hall–Kier alpha value is -3.70. The van der Waals surface area contributed by atoms with Crippen molar-refractivity contribution in [3.05, 3.63) is 81.8 Å². The summed E-state index contributed by atoms with van der Waals surface area (Å²) in [6, 6.07) is 15.7. The highest BCUT2D eigenvalue weighted by molar-refractivity contribution is 7.85. The number of benzene rings is 4. The molecule has 1 amide bonds. The minimum atomic E-state index is -4.48. The molecule has 190 valence electrons.